The number of hydrogen-bond donors (Lipinski definition) is 0. The Hall–Kier alpha value is -0.610. The molecule has 0 amide bonds. The zero-order valence-electron chi connectivity index (χ0n) is 12.3. The summed E-state index contributed by atoms with van der Waals surface area (Å²) < 4.78 is 12.4. The van der Waals surface area contributed by atoms with Gasteiger partial charge in [-0.3, -0.25) is 9.69 Å². The second-order valence-corrected chi connectivity index (χ2v) is 7.50. The second-order valence-electron chi connectivity index (χ2n) is 7.50. The number of fused-ring (bicyclic) bond motifs is 1. The third-order valence-corrected chi connectivity index (χ3v) is 7.00. The van der Waals surface area contributed by atoms with E-state index in [0.29, 0.717) is 18.1 Å². The number of rotatable bonds is 3. The summed E-state index contributed by atoms with van der Waals surface area (Å²) in [6, 6.07) is 0.519. The molecule has 8 atom stereocenters. The van der Waals surface area contributed by atoms with Crippen LogP contribution in [0.2, 0.25) is 0 Å². The van der Waals surface area contributed by atoms with E-state index >= 15 is 0 Å². The van der Waals surface area contributed by atoms with Gasteiger partial charge in [0.1, 0.15) is 0 Å². The summed E-state index contributed by atoms with van der Waals surface area (Å²) in [6.07, 6.45) is 6.27. The predicted octanol–water partition coefficient (Wildman–Crippen LogP) is 1.93. The molecule has 0 aliphatic carbocycles. The highest BCUT2D eigenvalue weighted by atomic mass is 16.7. The van der Waals surface area contributed by atoms with Gasteiger partial charge >= 0.3 is 5.97 Å². The van der Waals surface area contributed by atoms with E-state index in [9.17, 15) is 4.79 Å². The molecule has 5 rings (SSSR count). The van der Waals surface area contributed by atoms with E-state index in [2.05, 4.69) is 11.8 Å². The molecule has 0 radical (unpaired) electrons. The smallest absolute Gasteiger partial charge is 0.311 e. The average Bonchev–Trinajstić information content (AvgIpc) is 3.04. The van der Waals surface area contributed by atoms with Gasteiger partial charge in [0, 0.05) is 12.0 Å². The molecular formula is C16H23NO3. The first-order valence-electron chi connectivity index (χ1n) is 8.32. The highest BCUT2D eigenvalue weighted by Crippen LogP contribution is 2.71. The van der Waals surface area contributed by atoms with Gasteiger partial charge in [-0.25, -0.2) is 0 Å². The van der Waals surface area contributed by atoms with E-state index in [1.165, 1.54) is 25.8 Å². The van der Waals surface area contributed by atoms with Crippen molar-refractivity contribution in [3.05, 3.63) is 0 Å². The number of esters is 1. The number of carbonyl (C=O) groups is 1. The fraction of sp³-hybridized carbons (Fsp3) is 0.938. The molecule has 5 bridgehead atoms. The summed E-state index contributed by atoms with van der Waals surface area (Å²) in [6.45, 7) is 5.48. The van der Waals surface area contributed by atoms with Crippen molar-refractivity contribution in [2.24, 2.45) is 17.8 Å². The van der Waals surface area contributed by atoms with Crippen LogP contribution in [0.4, 0.5) is 0 Å². The topological polar surface area (TPSA) is 38.8 Å². The first-order valence-corrected chi connectivity index (χ1v) is 8.32. The van der Waals surface area contributed by atoms with Crippen molar-refractivity contribution in [1.29, 1.82) is 0 Å². The maximum Gasteiger partial charge on any atom is 0.311 e. The van der Waals surface area contributed by atoms with Crippen molar-refractivity contribution in [2.75, 3.05) is 6.54 Å². The van der Waals surface area contributed by atoms with Gasteiger partial charge in [0.15, 0.2) is 0 Å². The Balaban J connectivity index is 1.64. The Bertz CT molecular complexity index is 494. The Morgan fingerprint density at radius 2 is 2.30 bits per heavy atom. The summed E-state index contributed by atoms with van der Waals surface area (Å²) in [5.74, 6) is 0.123. The van der Waals surface area contributed by atoms with Gasteiger partial charge in [0.2, 0.25) is 5.79 Å². The van der Waals surface area contributed by atoms with Crippen LogP contribution in [0.15, 0.2) is 0 Å². The molecule has 5 heterocycles. The lowest BCUT2D eigenvalue weighted by Crippen LogP contribution is -2.61. The molecule has 5 fully saturated rings. The summed E-state index contributed by atoms with van der Waals surface area (Å²) in [5.41, 5.74) is 0.196. The lowest BCUT2D eigenvalue weighted by Gasteiger charge is -2.48. The van der Waals surface area contributed by atoms with Gasteiger partial charge in [0.25, 0.3) is 0 Å². The van der Waals surface area contributed by atoms with Crippen molar-refractivity contribution in [3.63, 3.8) is 0 Å². The van der Waals surface area contributed by atoms with Crippen molar-refractivity contribution in [1.82, 2.24) is 4.90 Å². The van der Waals surface area contributed by atoms with Crippen LogP contribution in [0, 0.1) is 17.8 Å². The molecule has 6 unspecified atom stereocenters. The Morgan fingerprint density at radius 3 is 3.10 bits per heavy atom. The first kappa shape index (κ1) is 12.0. The van der Waals surface area contributed by atoms with Crippen molar-refractivity contribution < 1.29 is 14.3 Å². The van der Waals surface area contributed by atoms with Gasteiger partial charge in [-0.05, 0) is 25.8 Å². The molecule has 5 saturated heterocycles. The maximum absolute atomic E-state index is 12.2. The Morgan fingerprint density at radius 1 is 1.45 bits per heavy atom. The fourth-order valence-corrected chi connectivity index (χ4v) is 6.47. The van der Waals surface area contributed by atoms with E-state index in [1.807, 2.05) is 6.92 Å². The van der Waals surface area contributed by atoms with Crippen LogP contribution in [-0.4, -0.2) is 40.9 Å². The van der Waals surface area contributed by atoms with Crippen molar-refractivity contribution in [3.8, 4) is 0 Å². The highest BCUT2D eigenvalue weighted by molar-refractivity contribution is 5.76. The van der Waals surface area contributed by atoms with Gasteiger partial charge in [-0.2, -0.15) is 0 Å². The van der Waals surface area contributed by atoms with Crippen molar-refractivity contribution in [2.45, 2.75) is 69.4 Å². The number of nitrogens with zero attached hydrogens (tertiary/aromatic N) is 1. The lowest BCUT2D eigenvalue weighted by atomic mass is 9.70. The first-order chi connectivity index (χ1) is 9.65. The van der Waals surface area contributed by atoms with Crippen LogP contribution in [0.25, 0.3) is 0 Å². The molecule has 5 aliphatic heterocycles. The van der Waals surface area contributed by atoms with Crippen LogP contribution >= 0.6 is 0 Å². The Labute approximate surface area is 119 Å². The molecule has 20 heavy (non-hydrogen) atoms. The number of hydrogen-bond acceptors (Lipinski definition) is 4. The van der Waals surface area contributed by atoms with Crippen LogP contribution in [-0.2, 0) is 14.3 Å². The quantitative estimate of drug-likeness (QED) is 0.739. The summed E-state index contributed by atoms with van der Waals surface area (Å²) in [4.78, 5) is 14.9. The van der Waals surface area contributed by atoms with Crippen LogP contribution in [0.5, 0.6) is 0 Å². The minimum absolute atomic E-state index is 0.00586. The molecule has 1 spiro atoms. The zero-order chi connectivity index (χ0) is 13.7. The van der Waals surface area contributed by atoms with Crippen LogP contribution in [0.1, 0.15) is 46.0 Å². The molecule has 0 N–H and O–H groups in total. The average molecular weight is 277 g/mol. The molecule has 0 aromatic carbocycles. The Kier molecular flexibility index (Phi) is 2.04. The zero-order valence-corrected chi connectivity index (χ0v) is 12.3. The fourth-order valence-electron chi connectivity index (χ4n) is 6.47. The molecular weight excluding hydrogens is 254 g/mol. The van der Waals surface area contributed by atoms with Gasteiger partial charge in [-0.15, -0.1) is 0 Å². The standard InChI is InChI=1S/C16H23NO3/c1-3-4-6-15-11-5-7-17(15)10-8-12(15)19-16(11)13(10)9(2)14(18)20-16/h9-13H,3-8H2,1-2H3/t9-,10?,11?,12?,13?,15?,16-/m1/s1. The number of ether oxygens (including phenoxy) is 2. The second kappa shape index (κ2) is 3.41. The largest absolute Gasteiger partial charge is 0.432 e. The molecule has 110 valence electrons. The van der Waals surface area contributed by atoms with E-state index in [-0.39, 0.29) is 23.3 Å². The third-order valence-electron chi connectivity index (χ3n) is 7.00. The summed E-state index contributed by atoms with van der Waals surface area (Å²) in [7, 11) is 0. The summed E-state index contributed by atoms with van der Waals surface area (Å²) >= 11 is 0. The lowest BCUT2D eigenvalue weighted by molar-refractivity contribution is -0.258. The molecule has 0 saturated carbocycles. The monoisotopic (exact) mass is 277 g/mol. The molecule has 4 heteroatoms. The number of piperidine rings is 1. The van der Waals surface area contributed by atoms with Crippen LogP contribution in [0.3, 0.4) is 0 Å². The third kappa shape index (κ3) is 0.970. The van der Waals surface area contributed by atoms with Gasteiger partial charge < -0.3 is 9.47 Å². The molecule has 0 aromatic heterocycles. The normalized spacial score (nSPS) is 61.2. The SMILES string of the molecule is CCCCC12C3CC4C5[C@@H](C)C(=O)O[C@]5(O3)C1CCN42. The number of carbonyl (C=O) groups excluding carboxylic acids is 1. The predicted molar refractivity (Wildman–Crippen MR) is 71.8 cm³/mol. The molecule has 5 aliphatic rings. The molecule has 4 nitrogen and oxygen atoms in total. The van der Waals surface area contributed by atoms with E-state index in [4.69, 9.17) is 9.47 Å². The highest BCUT2D eigenvalue weighted by Gasteiger charge is 2.84. The van der Waals surface area contributed by atoms with Crippen LogP contribution < -0.4 is 0 Å². The number of unbranched alkanes of at least 4 members (excludes halogenated alkanes) is 1. The minimum atomic E-state index is -0.551. The summed E-state index contributed by atoms with van der Waals surface area (Å²) in [5, 5.41) is 0. The van der Waals surface area contributed by atoms with Crippen molar-refractivity contribution >= 4 is 5.97 Å². The van der Waals surface area contributed by atoms with E-state index in [0.717, 1.165) is 12.8 Å². The minimum Gasteiger partial charge on any atom is -0.432 e. The van der Waals surface area contributed by atoms with E-state index in [1.54, 1.807) is 0 Å². The maximum atomic E-state index is 12.2. The van der Waals surface area contributed by atoms with Gasteiger partial charge in [0.05, 0.1) is 23.5 Å². The molecule has 0 aromatic rings. The van der Waals surface area contributed by atoms with Gasteiger partial charge in [-0.1, -0.05) is 26.7 Å². The van der Waals surface area contributed by atoms with E-state index < -0.39 is 5.79 Å².